The van der Waals surface area contributed by atoms with Gasteiger partial charge in [0.1, 0.15) is 0 Å². The first-order valence-electron chi connectivity index (χ1n) is 12.2. The van der Waals surface area contributed by atoms with Crippen LogP contribution >= 0.6 is 0 Å². The Morgan fingerprint density at radius 3 is 2.50 bits per heavy atom. The van der Waals surface area contributed by atoms with Crippen LogP contribution in [-0.2, 0) is 41.2 Å². The summed E-state index contributed by atoms with van der Waals surface area (Å²) in [7, 11) is 0. The number of nitrogens with zero attached hydrogens (tertiary/aromatic N) is 2. The van der Waals surface area contributed by atoms with Gasteiger partial charge in [-0.1, -0.05) is 6.92 Å². The molecule has 1 fully saturated rings. The smallest absolute Gasteiger partial charge is 0.417 e. The molecule has 2 aliphatic heterocycles. The minimum atomic E-state index is -5.18. The Morgan fingerprint density at radius 2 is 1.87 bits per heavy atom. The van der Waals surface area contributed by atoms with Crippen LogP contribution < -0.4 is 5.32 Å². The first kappa shape index (κ1) is 27.9. The van der Waals surface area contributed by atoms with Gasteiger partial charge in [0.25, 0.3) is 5.91 Å². The van der Waals surface area contributed by atoms with E-state index in [-0.39, 0.29) is 37.0 Å². The van der Waals surface area contributed by atoms with Crippen LogP contribution in [0, 0.1) is 5.41 Å². The number of carbonyl (C=O) groups excluding carboxylic acids is 2. The van der Waals surface area contributed by atoms with Crippen molar-refractivity contribution in [3.05, 3.63) is 51.8 Å². The van der Waals surface area contributed by atoms with Crippen molar-refractivity contribution in [1.29, 1.82) is 0 Å². The van der Waals surface area contributed by atoms with Gasteiger partial charge in [0.2, 0.25) is 0 Å². The van der Waals surface area contributed by atoms with E-state index in [0.717, 1.165) is 18.5 Å². The van der Waals surface area contributed by atoms with E-state index in [1.54, 1.807) is 4.68 Å². The lowest BCUT2D eigenvalue weighted by molar-refractivity contribution is -0.143. The van der Waals surface area contributed by atoms with Crippen LogP contribution in [0.2, 0.25) is 0 Å². The van der Waals surface area contributed by atoms with E-state index in [9.17, 15) is 35.9 Å². The largest absolute Gasteiger partial charge is 0.462 e. The lowest BCUT2D eigenvalue weighted by Crippen LogP contribution is -2.40. The van der Waals surface area contributed by atoms with Crippen LogP contribution in [-0.4, -0.2) is 48.0 Å². The average Bonchev–Trinajstić information content (AvgIpc) is 3.14. The van der Waals surface area contributed by atoms with Crippen LogP contribution in [0.4, 0.5) is 26.3 Å². The van der Waals surface area contributed by atoms with Crippen molar-refractivity contribution in [2.45, 2.75) is 57.9 Å². The Bertz CT molecular complexity index is 1200. The lowest BCUT2D eigenvalue weighted by Gasteiger charge is -2.36. The number of carbonyl (C=O) groups is 2. The minimum absolute atomic E-state index is 0.0982. The number of nitrogens with one attached hydrogen (secondary N) is 1. The zero-order valence-electron chi connectivity index (χ0n) is 20.6. The maximum Gasteiger partial charge on any atom is 0.417 e. The minimum Gasteiger partial charge on any atom is -0.462 e. The van der Waals surface area contributed by atoms with E-state index in [2.05, 4.69) is 10.4 Å². The topological polar surface area (TPSA) is 82.5 Å². The highest BCUT2D eigenvalue weighted by molar-refractivity contribution is 5.97. The number of hydrogen-bond acceptors (Lipinski definition) is 5. The number of aromatic nitrogens is 2. The molecule has 0 bridgehead atoms. The van der Waals surface area contributed by atoms with Crippen LogP contribution in [0.3, 0.4) is 0 Å². The van der Waals surface area contributed by atoms with Crippen LogP contribution in [0.25, 0.3) is 0 Å². The van der Waals surface area contributed by atoms with Crippen LogP contribution in [0.15, 0.2) is 18.2 Å². The fourth-order valence-corrected chi connectivity index (χ4v) is 4.95. The van der Waals surface area contributed by atoms with Crippen molar-refractivity contribution < 1.29 is 45.4 Å². The van der Waals surface area contributed by atoms with Gasteiger partial charge >= 0.3 is 18.3 Å². The van der Waals surface area contributed by atoms with Gasteiger partial charge in [0.15, 0.2) is 0 Å². The van der Waals surface area contributed by atoms with E-state index in [1.165, 1.54) is 0 Å². The first-order chi connectivity index (χ1) is 17.8. The number of halogens is 6. The average molecular weight is 547 g/mol. The van der Waals surface area contributed by atoms with Crippen molar-refractivity contribution in [2.24, 2.45) is 5.41 Å². The lowest BCUT2D eigenvalue weighted by atomic mass is 9.76. The Labute approximate surface area is 214 Å². The van der Waals surface area contributed by atoms with Crippen molar-refractivity contribution >= 4 is 11.9 Å². The molecule has 0 radical (unpaired) electrons. The number of aryl methyl sites for hydroxylation is 2. The van der Waals surface area contributed by atoms with E-state index in [1.807, 2.05) is 6.92 Å². The number of esters is 1. The second kappa shape index (κ2) is 10.6. The van der Waals surface area contributed by atoms with Crippen molar-refractivity contribution in [1.82, 2.24) is 15.1 Å². The monoisotopic (exact) mass is 547 g/mol. The molecule has 1 N–H and O–H groups in total. The zero-order chi connectivity index (χ0) is 27.7. The van der Waals surface area contributed by atoms with Crippen LogP contribution in [0.1, 0.15) is 69.4 Å². The molecule has 0 saturated carbocycles. The highest BCUT2D eigenvalue weighted by Gasteiger charge is 2.41. The molecular formula is C25H27F6N3O4. The van der Waals surface area contributed by atoms with Gasteiger partial charge in [-0.3, -0.25) is 9.48 Å². The van der Waals surface area contributed by atoms with Gasteiger partial charge in [-0.15, -0.1) is 0 Å². The molecule has 208 valence electrons. The quantitative estimate of drug-likeness (QED) is 0.319. The zero-order valence-corrected chi connectivity index (χ0v) is 20.6. The van der Waals surface area contributed by atoms with Gasteiger partial charge in [0.05, 0.1) is 40.2 Å². The Morgan fingerprint density at radius 1 is 1.16 bits per heavy atom. The van der Waals surface area contributed by atoms with Crippen molar-refractivity contribution in [2.75, 3.05) is 26.4 Å². The van der Waals surface area contributed by atoms with Gasteiger partial charge in [-0.25, -0.2) is 4.79 Å². The number of hydrogen-bond donors (Lipinski definition) is 1. The summed E-state index contributed by atoms with van der Waals surface area (Å²) >= 11 is 0. The second-order valence-electron chi connectivity index (χ2n) is 9.56. The standard InChI is InChI=1S/C25H27F6N3O4/c1-2-18-20-19(13-23(14-32-21(20)35)6-10-37-11-7-23)34(33-18)8-3-9-38-22(36)16-5-4-15(24(26,27)28)12-17(16)25(29,30)31/h4-5,12H,2-3,6-11,13-14H2,1H3,(H,32,35). The molecule has 1 amide bonds. The number of benzene rings is 1. The summed E-state index contributed by atoms with van der Waals surface area (Å²) in [6, 6.07) is 0.786. The molecule has 0 unspecified atom stereocenters. The summed E-state index contributed by atoms with van der Waals surface area (Å²) in [6.07, 6.45) is -7.36. The molecule has 1 spiro atoms. The summed E-state index contributed by atoms with van der Waals surface area (Å²) < 4.78 is 90.9. The van der Waals surface area contributed by atoms with Gasteiger partial charge in [0, 0.05) is 32.7 Å². The predicted molar refractivity (Wildman–Crippen MR) is 121 cm³/mol. The number of fused-ring (bicyclic) bond motifs is 1. The van der Waals surface area contributed by atoms with E-state index < -0.39 is 35.0 Å². The predicted octanol–water partition coefficient (Wildman–Crippen LogP) is 4.81. The summed E-state index contributed by atoms with van der Waals surface area (Å²) in [5.41, 5.74) is -2.50. The fourth-order valence-electron chi connectivity index (χ4n) is 4.95. The maximum atomic E-state index is 13.4. The molecule has 2 aromatic rings. The number of amides is 1. The molecule has 1 aromatic carbocycles. The molecule has 1 saturated heterocycles. The Balaban J connectivity index is 1.47. The summed E-state index contributed by atoms with van der Waals surface area (Å²) in [5.74, 6) is -1.58. The van der Waals surface area contributed by atoms with E-state index in [0.29, 0.717) is 56.0 Å². The highest BCUT2D eigenvalue weighted by atomic mass is 19.4. The molecule has 3 heterocycles. The summed E-state index contributed by atoms with van der Waals surface area (Å²) in [5, 5.41) is 7.56. The molecule has 4 rings (SSSR count). The van der Waals surface area contributed by atoms with Gasteiger partial charge in [-0.2, -0.15) is 31.4 Å². The Kier molecular flexibility index (Phi) is 7.78. The van der Waals surface area contributed by atoms with Crippen molar-refractivity contribution in [3.8, 4) is 0 Å². The molecule has 7 nitrogen and oxygen atoms in total. The van der Waals surface area contributed by atoms with Gasteiger partial charge < -0.3 is 14.8 Å². The number of rotatable bonds is 6. The van der Waals surface area contributed by atoms with Gasteiger partial charge in [-0.05, 0) is 49.3 Å². The highest BCUT2D eigenvalue weighted by Crippen LogP contribution is 2.39. The molecule has 0 aliphatic carbocycles. The fraction of sp³-hybridized carbons (Fsp3) is 0.560. The SMILES string of the molecule is CCc1nn(CCCOC(=O)c2ccc(C(F)(F)F)cc2C(F)(F)F)c2c1C(=O)NCC1(CCOCC1)C2. The number of alkyl halides is 6. The molecule has 1 aromatic heterocycles. The third kappa shape index (κ3) is 5.82. The summed E-state index contributed by atoms with van der Waals surface area (Å²) in [4.78, 5) is 25.2. The van der Waals surface area contributed by atoms with E-state index >= 15 is 0 Å². The molecule has 2 aliphatic rings. The molecule has 38 heavy (non-hydrogen) atoms. The molecule has 0 atom stereocenters. The third-order valence-corrected chi connectivity index (χ3v) is 7.03. The number of ether oxygens (including phenoxy) is 2. The molecule has 13 heteroatoms. The van der Waals surface area contributed by atoms with Crippen LogP contribution in [0.5, 0.6) is 0 Å². The maximum absolute atomic E-state index is 13.4. The van der Waals surface area contributed by atoms with E-state index in [4.69, 9.17) is 9.47 Å². The third-order valence-electron chi connectivity index (χ3n) is 7.03. The normalized spacial score (nSPS) is 17.6. The van der Waals surface area contributed by atoms with Crippen molar-refractivity contribution in [3.63, 3.8) is 0 Å². The Hall–Kier alpha value is -3.09. The summed E-state index contributed by atoms with van der Waals surface area (Å²) in [6.45, 7) is 3.49. The first-order valence-corrected chi connectivity index (χ1v) is 12.2. The second-order valence-corrected chi connectivity index (χ2v) is 9.56. The molecular weight excluding hydrogens is 520 g/mol.